The predicted molar refractivity (Wildman–Crippen MR) is 116 cm³/mol. The lowest BCUT2D eigenvalue weighted by Crippen LogP contribution is -2.53. The Labute approximate surface area is 181 Å². The number of benzene rings is 2. The third-order valence-electron chi connectivity index (χ3n) is 6.10. The molecular weight excluding hydrogens is 394 g/mol. The molecule has 2 aromatic rings. The summed E-state index contributed by atoms with van der Waals surface area (Å²) in [5.41, 5.74) is 3.39. The maximum Gasteiger partial charge on any atom is 0.322 e. The van der Waals surface area contributed by atoms with Gasteiger partial charge in [0.1, 0.15) is 17.9 Å². The highest BCUT2D eigenvalue weighted by Gasteiger charge is 2.46. The summed E-state index contributed by atoms with van der Waals surface area (Å²) in [6.07, 6.45) is 0.674. The molecule has 2 fully saturated rings. The van der Waals surface area contributed by atoms with Gasteiger partial charge in [-0.1, -0.05) is 35.9 Å². The number of rotatable bonds is 6. The highest BCUT2D eigenvalue weighted by Crippen LogP contribution is 2.31. The first kappa shape index (κ1) is 20.9. The summed E-state index contributed by atoms with van der Waals surface area (Å²) in [5.74, 6) is 0.0694. The third-order valence-corrected chi connectivity index (χ3v) is 6.10. The Morgan fingerprint density at radius 2 is 1.84 bits per heavy atom. The number of carbonyl (C=O) groups excluding carboxylic acids is 3. The molecule has 162 valence electrons. The molecule has 31 heavy (non-hydrogen) atoms. The minimum Gasteiger partial charge on any atom is -0.489 e. The van der Waals surface area contributed by atoms with Crippen molar-refractivity contribution in [2.45, 2.75) is 45.3 Å². The Kier molecular flexibility index (Phi) is 5.43. The Hall–Kier alpha value is -3.35. The molecule has 4 amide bonds. The van der Waals surface area contributed by atoms with Crippen LogP contribution < -0.4 is 15.4 Å². The maximum absolute atomic E-state index is 12.9. The molecule has 2 aliphatic heterocycles. The number of aryl methyl sites for hydroxylation is 2. The van der Waals surface area contributed by atoms with E-state index in [1.54, 1.807) is 11.8 Å². The van der Waals surface area contributed by atoms with Crippen LogP contribution in [-0.4, -0.2) is 41.4 Å². The van der Waals surface area contributed by atoms with Crippen LogP contribution >= 0.6 is 0 Å². The second-order valence-electron chi connectivity index (χ2n) is 8.63. The molecular formula is C24H27N3O4. The van der Waals surface area contributed by atoms with Gasteiger partial charge in [-0.15, -0.1) is 0 Å². The number of nitrogens with one attached hydrogen (secondary N) is 2. The lowest BCUT2D eigenvalue weighted by atomic mass is 9.97. The van der Waals surface area contributed by atoms with Gasteiger partial charge in [0, 0.05) is 6.54 Å². The number of urea groups is 1. The summed E-state index contributed by atoms with van der Waals surface area (Å²) in [5, 5.41) is 4.85. The number of carbonyl (C=O) groups is 3. The highest BCUT2D eigenvalue weighted by molar-refractivity contribution is 6.07. The van der Waals surface area contributed by atoms with E-state index in [1.165, 1.54) is 11.1 Å². The summed E-state index contributed by atoms with van der Waals surface area (Å²) in [7, 11) is 0. The summed E-state index contributed by atoms with van der Waals surface area (Å²) in [6, 6.07) is 13.4. The average Bonchev–Trinajstić information content (AvgIpc) is 3.21. The van der Waals surface area contributed by atoms with Crippen molar-refractivity contribution in [3.8, 4) is 5.75 Å². The van der Waals surface area contributed by atoms with Crippen LogP contribution in [0.3, 0.4) is 0 Å². The Morgan fingerprint density at radius 1 is 1.10 bits per heavy atom. The first-order valence-electron chi connectivity index (χ1n) is 10.5. The zero-order valence-electron chi connectivity index (χ0n) is 18.0. The van der Waals surface area contributed by atoms with Gasteiger partial charge in [0.05, 0.1) is 12.5 Å². The topological polar surface area (TPSA) is 87.7 Å². The largest absolute Gasteiger partial charge is 0.489 e. The maximum atomic E-state index is 12.9. The number of nitrogens with zero attached hydrogens (tertiary/aromatic N) is 1. The van der Waals surface area contributed by atoms with Gasteiger partial charge in [-0.25, -0.2) is 4.79 Å². The van der Waals surface area contributed by atoms with Gasteiger partial charge in [-0.05, 0) is 56.0 Å². The molecule has 2 unspecified atom stereocenters. The van der Waals surface area contributed by atoms with E-state index in [2.05, 4.69) is 42.7 Å². The molecule has 2 heterocycles. The van der Waals surface area contributed by atoms with Crippen LogP contribution in [0.15, 0.2) is 42.5 Å². The van der Waals surface area contributed by atoms with Gasteiger partial charge in [0.2, 0.25) is 5.91 Å². The van der Waals surface area contributed by atoms with Crippen LogP contribution in [0.2, 0.25) is 0 Å². The molecule has 0 aliphatic carbocycles. The second-order valence-corrected chi connectivity index (χ2v) is 8.63. The summed E-state index contributed by atoms with van der Waals surface area (Å²) >= 11 is 0. The summed E-state index contributed by atoms with van der Waals surface area (Å²) in [4.78, 5) is 38.1. The van der Waals surface area contributed by atoms with Crippen molar-refractivity contribution in [3.63, 3.8) is 0 Å². The molecule has 2 aromatic carbocycles. The van der Waals surface area contributed by atoms with Crippen molar-refractivity contribution < 1.29 is 19.1 Å². The number of hydrogen-bond donors (Lipinski definition) is 2. The van der Waals surface area contributed by atoms with Crippen molar-refractivity contribution in [2.75, 3.05) is 13.1 Å². The van der Waals surface area contributed by atoms with E-state index >= 15 is 0 Å². The number of amides is 4. The van der Waals surface area contributed by atoms with E-state index in [9.17, 15) is 14.4 Å². The second kappa shape index (κ2) is 8.06. The van der Waals surface area contributed by atoms with E-state index in [1.807, 2.05) is 24.3 Å². The lowest BCUT2D eigenvalue weighted by molar-refractivity contribution is -0.131. The first-order chi connectivity index (χ1) is 14.7. The fraction of sp³-hybridized carbons (Fsp3) is 0.375. The van der Waals surface area contributed by atoms with Crippen molar-refractivity contribution in [1.82, 2.24) is 15.5 Å². The standard InChI is InChI=1S/C24H27N3O4/c1-15-4-5-16(2)18(12-15)13-31-19-8-6-17(7-9-19)20-10-11-27(21(20)28)14-24(3)22(29)25-23(30)26-24/h4-9,12,20H,10-11,13-14H2,1-3H3,(H2,25,26,29,30). The molecule has 2 atom stereocenters. The predicted octanol–water partition coefficient (Wildman–Crippen LogP) is 2.80. The van der Waals surface area contributed by atoms with Crippen molar-refractivity contribution in [3.05, 3.63) is 64.7 Å². The van der Waals surface area contributed by atoms with Crippen molar-refractivity contribution >= 4 is 17.8 Å². The van der Waals surface area contributed by atoms with Gasteiger partial charge >= 0.3 is 6.03 Å². The number of imide groups is 1. The molecule has 0 aromatic heterocycles. The van der Waals surface area contributed by atoms with Crippen LogP contribution in [0.5, 0.6) is 5.75 Å². The molecule has 7 heteroatoms. The fourth-order valence-corrected chi connectivity index (χ4v) is 4.19. The minimum absolute atomic E-state index is 0.0285. The van der Waals surface area contributed by atoms with Gasteiger partial charge in [0.25, 0.3) is 5.91 Å². The molecule has 2 aliphatic rings. The van der Waals surface area contributed by atoms with E-state index in [4.69, 9.17) is 4.74 Å². The third kappa shape index (κ3) is 4.26. The van der Waals surface area contributed by atoms with Crippen LogP contribution in [0.25, 0.3) is 0 Å². The molecule has 0 spiro atoms. The van der Waals surface area contributed by atoms with Crippen LogP contribution in [0.4, 0.5) is 4.79 Å². The van der Waals surface area contributed by atoms with Crippen molar-refractivity contribution in [2.24, 2.45) is 0 Å². The summed E-state index contributed by atoms with van der Waals surface area (Å²) in [6.45, 7) is 6.97. The Morgan fingerprint density at radius 3 is 2.52 bits per heavy atom. The van der Waals surface area contributed by atoms with Crippen molar-refractivity contribution in [1.29, 1.82) is 0 Å². The summed E-state index contributed by atoms with van der Waals surface area (Å²) < 4.78 is 5.94. The molecule has 0 bridgehead atoms. The van der Waals surface area contributed by atoms with Gasteiger partial charge in [-0.3, -0.25) is 14.9 Å². The number of likely N-dealkylation sites (tertiary alicyclic amines) is 1. The highest BCUT2D eigenvalue weighted by atomic mass is 16.5. The van der Waals surface area contributed by atoms with E-state index in [0.717, 1.165) is 16.9 Å². The Balaban J connectivity index is 1.38. The molecule has 2 N–H and O–H groups in total. The van der Waals surface area contributed by atoms with Crippen LogP contribution in [0, 0.1) is 13.8 Å². The smallest absolute Gasteiger partial charge is 0.322 e. The minimum atomic E-state index is -1.09. The fourth-order valence-electron chi connectivity index (χ4n) is 4.19. The lowest BCUT2D eigenvalue weighted by Gasteiger charge is -2.27. The molecule has 4 rings (SSSR count). The van der Waals surface area contributed by atoms with E-state index in [0.29, 0.717) is 19.6 Å². The van der Waals surface area contributed by atoms with Crippen LogP contribution in [0.1, 0.15) is 41.5 Å². The first-order valence-corrected chi connectivity index (χ1v) is 10.5. The zero-order chi connectivity index (χ0) is 22.2. The average molecular weight is 421 g/mol. The van der Waals surface area contributed by atoms with E-state index in [-0.39, 0.29) is 18.4 Å². The zero-order valence-corrected chi connectivity index (χ0v) is 18.0. The van der Waals surface area contributed by atoms with E-state index < -0.39 is 17.5 Å². The SMILES string of the molecule is Cc1ccc(C)c(COc2ccc(C3CCN(CC4(C)NC(=O)NC4=O)C3=O)cc2)c1. The monoisotopic (exact) mass is 421 g/mol. The number of hydrogen-bond acceptors (Lipinski definition) is 4. The molecule has 0 saturated carbocycles. The van der Waals surface area contributed by atoms with Gasteiger partial charge < -0.3 is 15.0 Å². The Bertz CT molecular complexity index is 1030. The molecule has 7 nitrogen and oxygen atoms in total. The normalized spacial score (nSPS) is 23.1. The van der Waals surface area contributed by atoms with Crippen LogP contribution in [-0.2, 0) is 16.2 Å². The van der Waals surface area contributed by atoms with Gasteiger partial charge in [0.15, 0.2) is 0 Å². The van der Waals surface area contributed by atoms with Gasteiger partial charge in [-0.2, -0.15) is 0 Å². The quantitative estimate of drug-likeness (QED) is 0.702. The number of ether oxygens (including phenoxy) is 1. The molecule has 2 saturated heterocycles. The molecule has 0 radical (unpaired) electrons.